The molecule has 0 aliphatic rings. The first-order valence-corrected chi connectivity index (χ1v) is 3.89. The molecule has 4 nitrogen and oxygen atoms in total. The summed E-state index contributed by atoms with van der Waals surface area (Å²) in [7, 11) is 0. The monoisotopic (exact) mass is 255 g/mol. The van der Waals surface area contributed by atoms with Crippen molar-refractivity contribution in [2.45, 2.75) is 6.18 Å². The van der Waals surface area contributed by atoms with Crippen molar-refractivity contribution < 1.29 is 31.7 Å². The van der Waals surface area contributed by atoms with Crippen molar-refractivity contribution in [1.29, 1.82) is 0 Å². The summed E-state index contributed by atoms with van der Waals surface area (Å²) < 4.78 is 61.7. The average molecular weight is 255 g/mol. The summed E-state index contributed by atoms with van der Waals surface area (Å²) in [6.07, 6.45) is -5.39. The molecule has 0 saturated carbocycles. The van der Waals surface area contributed by atoms with Crippen molar-refractivity contribution in [3.05, 3.63) is 39.4 Å². The third kappa shape index (κ3) is 2.55. The lowest BCUT2D eigenvalue weighted by atomic mass is 10.1. The topological polar surface area (TPSA) is 60.2 Å². The molecule has 0 aliphatic heterocycles. The van der Waals surface area contributed by atoms with Crippen LogP contribution in [0.3, 0.4) is 0 Å². The van der Waals surface area contributed by atoms with E-state index in [0.29, 0.717) is 0 Å². The van der Waals surface area contributed by atoms with Gasteiger partial charge >= 0.3 is 11.9 Å². The standard InChI is InChI=1S/C8H2F5NO3/c9-4-2-6(14(16)17)5(10)1-3(4)7(15)8(11,12)13/h1-2H. The highest BCUT2D eigenvalue weighted by Gasteiger charge is 2.41. The Hall–Kier alpha value is -2.06. The van der Waals surface area contributed by atoms with E-state index in [1.54, 1.807) is 0 Å². The van der Waals surface area contributed by atoms with Gasteiger partial charge in [-0.1, -0.05) is 0 Å². The molecule has 0 fully saturated rings. The second-order valence-corrected chi connectivity index (χ2v) is 2.87. The molecule has 92 valence electrons. The summed E-state index contributed by atoms with van der Waals surface area (Å²) in [5, 5.41) is 10.1. The summed E-state index contributed by atoms with van der Waals surface area (Å²) in [6.45, 7) is 0. The van der Waals surface area contributed by atoms with Crippen LogP contribution in [0.15, 0.2) is 12.1 Å². The molecule has 9 heteroatoms. The maximum Gasteiger partial charge on any atom is 0.454 e. The highest BCUT2D eigenvalue weighted by Crippen LogP contribution is 2.27. The molecular weight excluding hydrogens is 253 g/mol. The van der Waals surface area contributed by atoms with Crippen molar-refractivity contribution in [2.75, 3.05) is 0 Å². The van der Waals surface area contributed by atoms with Gasteiger partial charge in [-0.2, -0.15) is 17.6 Å². The first-order valence-electron chi connectivity index (χ1n) is 3.89. The molecule has 0 atom stereocenters. The van der Waals surface area contributed by atoms with E-state index >= 15 is 0 Å². The van der Waals surface area contributed by atoms with Gasteiger partial charge in [0.1, 0.15) is 5.82 Å². The van der Waals surface area contributed by atoms with Crippen LogP contribution in [-0.2, 0) is 0 Å². The number of Topliss-reactive ketones (excluding diaryl/α,β-unsaturated/α-hetero) is 1. The van der Waals surface area contributed by atoms with Crippen molar-refractivity contribution in [2.24, 2.45) is 0 Å². The maximum absolute atomic E-state index is 13.0. The molecule has 1 rings (SSSR count). The number of nitro groups is 1. The minimum absolute atomic E-state index is 0.0751. The number of ketones is 1. The van der Waals surface area contributed by atoms with Crippen LogP contribution < -0.4 is 0 Å². The van der Waals surface area contributed by atoms with Crippen molar-refractivity contribution in [3.8, 4) is 0 Å². The van der Waals surface area contributed by atoms with E-state index in [2.05, 4.69) is 0 Å². The third-order valence-electron chi connectivity index (χ3n) is 1.74. The molecule has 0 bridgehead atoms. The number of nitrogens with zero attached hydrogens (tertiary/aromatic N) is 1. The van der Waals surface area contributed by atoms with Gasteiger partial charge in [0.2, 0.25) is 5.82 Å². The fourth-order valence-electron chi connectivity index (χ4n) is 1.00. The number of carbonyl (C=O) groups excluding carboxylic acids is 1. The van der Waals surface area contributed by atoms with Crippen molar-refractivity contribution >= 4 is 11.5 Å². The predicted molar refractivity (Wildman–Crippen MR) is 43.4 cm³/mol. The Morgan fingerprint density at radius 1 is 1.18 bits per heavy atom. The number of halogens is 5. The summed E-state index contributed by atoms with van der Waals surface area (Å²) in [5.74, 6) is -6.13. The van der Waals surface area contributed by atoms with Gasteiger partial charge in [0.15, 0.2) is 0 Å². The van der Waals surface area contributed by atoms with Gasteiger partial charge in [0.25, 0.3) is 5.78 Å². The second-order valence-electron chi connectivity index (χ2n) is 2.87. The summed E-state index contributed by atoms with van der Waals surface area (Å²) in [4.78, 5) is 19.4. The number of hydrogen-bond donors (Lipinski definition) is 0. The molecule has 0 aliphatic carbocycles. The van der Waals surface area contributed by atoms with Gasteiger partial charge in [0.05, 0.1) is 16.6 Å². The number of hydrogen-bond acceptors (Lipinski definition) is 3. The second kappa shape index (κ2) is 4.07. The summed E-state index contributed by atoms with van der Waals surface area (Å²) >= 11 is 0. The Balaban J connectivity index is 3.35. The summed E-state index contributed by atoms with van der Waals surface area (Å²) in [6, 6.07) is -0.225. The first-order chi connectivity index (χ1) is 7.64. The average Bonchev–Trinajstić information content (AvgIpc) is 2.18. The zero-order chi connectivity index (χ0) is 13.4. The Bertz CT molecular complexity index is 497. The fraction of sp³-hybridized carbons (Fsp3) is 0.125. The van der Waals surface area contributed by atoms with E-state index < -0.39 is 39.8 Å². The van der Waals surface area contributed by atoms with Gasteiger partial charge in [-0.05, 0) is 6.07 Å². The van der Waals surface area contributed by atoms with E-state index in [9.17, 15) is 36.9 Å². The van der Waals surface area contributed by atoms with E-state index in [1.807, 2.05) is 0 Å². The van der Waals surface area contributed by atoms with Crippen LogP contribution in [0.25, 0.3) is 0 Å². The minimum Gasteiger partial charge on any atom is -0.284 e. The molecule has 0 unspecified atom stereocenters. The van der Waals surface area contributed by atoms with Crippen LogP contribution in [0.4, 0.5) is 27.6 Å². The molecule has 0 aromatic heterocycles. The number of rotatable bonds is 2. The Kier molecular flexibility index (Phi) is 3.12. The lowest BCUT2D eigenvalue weighted by Crippen LogP contribution is -2.24. The van der Waals surface area contributed by atoms with Gasteiger partial charge in [-0.3, -0.25) is 14.9 Å². The highest BCUT2D eigenvalue weighted by molar-refractivity contribution is 6.00. The maximum atomic E-state index is 13.0. The molecule has 0 spiro atoms. The predicted octanol–water partition coefficient (Wildman–Crippen LogP) is 2.62. The molecule has 0 amide bonds. The Labute approximate surface area is 89.8 Å². The van der Waals surface area contributed by atoms with E-state index in [4.69, 9.17) is 0 Å². The Morgan fingerprint density at radius 3 is 2.12 bits per heavy atom. The number of carbonyl (C=O) groups is 1. The van der Waals surface area contributed by atoms with Crippen LogP contribution >= 0.6 is 0 Å². The number of alkyl halides is 3. The van der Waals surface area contributed by atoms with Crippen LogP contribution in [-0.4, -0.2) is 16.9 Å². The van der Waals surface area contributed by atoms with Gasteiger partial charge in [0, 0.05) is 0 Å². The van der Waals surface area contributed by atoms with Gasteiger partial charge in [-0.25, -0.2) is 4.39 Å². The van der Waals surface area contributed by atoms with Gasteiger partial charge < -0.3 is 0 Å². The SMILES string of the molecule is O=C(c1cc(F)c([N+](=O)[O-])cc1F)C(F)(F)F. The molecule has 0 saturated heterocycles. The molecule has 0 radical (unpaired) electrons. The lowest BCUT2D eigenvalue weighted by molar-refractivity contribution is -0.387. The van der Waals surface area contributed by atoms with Crippen molar-refractivity contribution in [3.63, 3.8) is 0 Å². The molecule has 0 N–H and O–H groups in total. The zero-order valence-electron chi connectivity index (χ0n) is 7.72. The van der Waals surface area contributed by atoms with Crippen molar-refractivity contribution in [1.82, 2.24) is 0 Å². The minimum atomic E-state index is -5.39. The van der Waals surface area contributed by atoms with Gasteiger partial charge in [-0.15, -0.1) is 0 Å². The normalized spacial score (nSPS) is 11.4. The summed E-state index contributed by atoms with van der Waals surface area (Å²) in [5.41, 5.74) is -2.94. The van der Waals surface area contributed by atoms with E-state index in [0.717, 1.165) is 0 Å². The number of benzene rings is 1. The fourth-order valence-corrected chi connectivity index (χ4v) is 1.00. The van der Waals surface area contributed by atoms with E-state index in [-0.39, 0.29) is 12.1 Å². The third-order valence-corrected chi connectivity index (χ3v) is 1.74. The first kappa shape index (κ1) is 13.0. The largest absolute Gasteiger partial charge is 0.454 e. The highest BCUT2D eigenvalue weighted by atomic mass is 19.4. The lowest BCUT2D eigenvalue weighted by Gasteiger charge is -2.06. The molecule has 1 aromatic rings. The van der Waals surface area contributed by atoms with Crippen LogP contribution in [0.2, 0.25) is 0 Å². The van der Waals surface area contributed by atoms with Crippen LogP contribution in [0, 0.1) is 21.7 Å². The molecule has 17 heavy (non-hydrogen) atoms. The number of nitro benzene ring substituents is 1. The zero-order valence-corrected chi connectivity index (χ0v) is 7.72. The van der Waals surface area contributed by atoms with Crippen LogP contribution in [0.5, 0.6) is 0 Å². The Morgan fingerprint density at radius 2 is 1.71 bits per heavy atom. The molecular formula is C8H2F5NO3. The van der Waals surface area contributed by atoms with Crippen LogP contribution in [0.1, 0.15) is 10.4 Å². The quantitative estimate of drug-likeness (QED) is 0.353. The molecule has 0 heterocycles. The van der Waals surface area contributed by atoms with E-state index in [1.165, 1.54) is 0 Å². The molecule has 1 aromatic carbocycles. The smallest absolute Gasteiger partial charge is 0.284 e.